The van der Waals surface area contributed by atoms with Crippen LogP contribution in [-0.2, 0) is 19.0 Å². The third kappa shape index (κ3) is 13.3. The zero-order valence-electron chi connectivity index (χ0n) is 31.2. The number of nitriles is 2. The predicted octanol–water partition coefficient (Wildman–Crippen LogP) is 6.00. The first-order valence-electron chi connectivity index (χ1n) is 17.0. The number of nitrogens with two attached hydrogens (primary N) is 2. The van der Waals surface area contributed by atoms with Crippen LogP contribution in [-0.4, -0.2) is 64.8 Å². The smallest absolute Gasteiger partial charge is 0.221 e. The number of terminal acetylenes is 1. The van der Waals surface area contributed by atoms with Gasteiger partial charge in [-0.05, 0) is 41.9 Å². The van der Waals surface area contributed by atoms with Gasteiger partial charge in [-0.1, -0.05) is 40.5 Å². The summed E-state index contributed by atoms with van der Waals surface area (Å²) in [5.41, 5.74) is 24.8. The quantitative estimate of drug-likeness (QED) is 0.0386. The van der Waals surface area contributed by atoms with E-state index in [1.165, 1.54) is 0 Å². The Hall–Kier alpha value is -8.60. The molecule has 0 radical (unpaired) electrons. The van der Waals surface area contributed by atoms with E-state index in [1.54, 1.807) is 96.6 Å². The number of azide groups is 1. The first-order valence-corrected chi connectivity index (χ1v) is 17.5. The van der Waals surface area contributed by atoms with Crippen LogP contribution >= 0.6 is 24.0 Å². The van der Waals surface area contributed by atoms with Gasteiger partial charge in [-0.25, -0.2) is 39.6 Å². The molecule has 20 nitrogen and oxygen atoms in total. The lowest BCUT2D eigenvalue weighted by Gasteiger charge is -2.04. The Morgan fingerprint density at radius 1 is 0.750 bits per heavy atom. The average Bonchev–Trinajstić information content (AvgIpc) is 4.13. The highest BCUT2D eigenvalue weighted by atomic mass is 35.5. The second-order valence-electron chi connectivity index (χ2n) is 11.5. The van der Waals surface area contributed by atoms with Gasteiger partial charge >= 0.3 is 0 Å². The number of anilines is 2. The monoisotopic (exact) mass is 838 g/mol. The van der Waals surface area contributed by atoms with Gasteiger partial charge in [0, 0.05) is 53.2 Å². The number of nitrogens with zero attached hydrogens (tertiary/aromatic N) is 15. The fraction of sp³-hybridized carbons (Fsp3) is 0.0789. The van der Waals surface area contributed by atoms with Crippen LogP contribution in [0, 0.1) is 35.0 Å². The molecule has 8 aromatic rings. The summed E-state index contributed by atoms with van der Waals surface area (Å²) in [4.78, 5) is 39.6. The number of aromatic nitrogens is 13. The van der Waals surface area contributed by atoms with Crippen LogP contribution < -0.4 is 11.5 Å². The second-order valence-corrected chi connectivity index (χ2v) is 11.7. The van der Waals surface area contributed by atoms with Gasteiger partial charge in [-0.2, -0.15) is 10.5 Å². The zero-order chi connectivity index (χ0) is 41.8. The Labute approximate surface area is 352 Å². The predicted molar refractivity (Wildman–Crippen MR) is 225 cm³/mol. The number of rotatable bonds is 8. The van der Waals surface area contributed by atoms with E-state index < -0.39 is 0 Å². The summed E-state index contributed by atoms with van der Waals surface area (Å²) in [5, 5.41) is 29.4. The lowest BCUT2D eigenvalue weighted by molar-refractivity contribution is 0.629. The van der Waals surface area contributed by atoms with Crippen molar-refractivity contribution < 1.29 is 0 Å². The summed E-state index contributed by atoms with van der Waals surface area (Å²) < 4.78 is 1.66. The van der Waals surface area contributed by atoms with Crippen LogP contribution in [0.15, 0.2) is 109 Å². The summed E-state index contributed by atoms with van der Waals surface area (Å²) in [7, 11) is 0. The number of imidazole rings is 3. The maximum Gasteiger partial charge on any atom is 0.221 e. The summed E-state index contributed by atoms with van der Waals surface area (Å²) in [6.45, 7) is 0.765. The van der Waals surface area contributed by atoms with Gasteiger partial charge in [0.25, 0.3) is 0 Å². The molecule has 0 fully saturated rings. The Morgan fingerprint density at radius 3 is 1.82 bits per heavy atom. The van der Waals surface area contributed by atoms with Crippen molar-refractivity contribution in [2.45, 2.75) is 19.0 Å². The first kappa shape index (κ1) is 44.1. The molecule has 0 unspecified atom stereocenters. The molecule has 0 spiro atoms. The highest BCUT2D eigenvalue weighted by molar-refractivity contribution is 6.16. The van der Waals surface area contributed by atoms with Gasteiger partial charge in [0.15, 0.2) is 0 Å². The summed E-state index contributed by atoms with van der Waals surface area (Å²) in [5.74, 6) is 5.41. The van der Waals surface area contributed by atoms with E-state index >= 15 is 0 Å². The minimum Gasteiger partial charge on any atom is -0.368 e. The van der Waals surface area contributed by atoms with Gasteiger partial charge in [0.05, 0.1) is 59.0 Å². The summed E-state index contributed by atoms with van der Waals surface area (Å²) in [6.07, 6.45) is 17.2. The highest BCUT2D eigenvalue weighted by Crippen LogP contribution is 2.24. The van der Waals surface area contributed by atoms with Crippen molar-refractivity contribution in [1.29, 1.82) is 10.5 Å². The van der Waals surface area contributed by atoms with E-state index in [0.29, 0.717) is 64.4 Å². The van der Waals surface area contributed by atoms with E-state index in [0.717, 1.165) is 22.8 Å². The topological polar surface area (TPSA) is 317 Å². The molecule has 298 valence electrons. The SMILES string of the molecule is C#Cc1cc(-c2cccc(C#N)c2)nc(N)n1.Cl.ClCc1ncc[nH]1.N#Cc1cccc(-c2cc(-c3cn(Cc4ncc[nH]4)nn3)nc(N)n2)c1.[N-]=[N+]=NCc1ncc[nH]1. The van der Waals surface area contributed by atoms with Crippen molar-refractivity contribution in [3.8, 4) is 58.4 Å². The fourth-order valence-corrected chi connectivity index (χ4v) is 4.96. The van der Waals surface area contributed by atoms with Gasteiger partial charge in [0.1, 0.15) is 35.4 Å². The number of hydrogen-bond acceptors (Lipinski definition) is 14. The van der Waals surface area contributed by atoms with E-state index in [4.69, 9.17) is 45.5 Å². The van der Waals surface area contributed by atoms with E-state index in [2.05, 4.69) is 88.2 Å². The molecule has 0 aliphatic carbocycles. The summed E-state index contributed by atoms with van der Waals surface area (Å²) in [6, 6.07) is 21.8. The molecule has 8 rings (SSSR count). The maximum atomic E-state index is 9.07. The number of nitrogen functional groups attached to an aromatic ring is 2. The number of alkyl halides is 1. The van der Waals surface area contributed by atoms with Crippen LogP contribution in [0.5, 0.6) is 0 Å². The van der Waals surface area contributed by atoms with Crippen LogP contribution in [0.4, 0.5) is 11.9 Å². The second kappa shape index (κ2) is 22.8. The Morgan fingerprint density at radius 2 is 1.30 bits per heavy atom. The van der Waals surface area contributed by atoms with Crippen molar-refractivity contribution in [3.63, 3.8) is 0 Å². The molecule has 2 aromatic carbocycles. The minimum atomic E-state index is 0. The molecule has 7 N–H and O–H groups in total. The zero-order valence-corrected chi connectivity index (χ0v) is 32.7. The molecule has 6 aromatic heterocycles. The largest absolute Gasteiger partial charge is 0.368 e. The molecule has 6 heterocycles. The number of nitrogens with one attached hydrogen (secondary N) is 3. The van der Waals surface area contributed by atoms with Gasteiger partial charge in [0.2, 0.25) is 11.9 Å². The van der Waals surface area contributed by atoms with Crippen LogP contribution in [0.25, 0.3) is 44.3 Å². The van der Waals surface area contributed by atoms with E-state index in [-0.39, 0.29) is 24.3 Å². The standard InChI is InChI=1S/C17H13N9.C13H8N4.C4H5ClN2.C4H5N5.ClH/c18-8-11-2-1-3-12(6-11)13-7-14(23-17(19)22-13)15-9-26(25-24-15)10-16-20-4-5-21-16;1-2-11-7-12(17-13(15)16-11)10-5-3-4-9(6-10)8-14;5-3-4-6-1-2-7-4;5-9-8-3-4-6-1-2-7-4;/h1-7,9H,10H2,(H,20,21)(H2,19,22,23);1,3-7H,(H2,15,16,17);1-2H,3H2,(H,6,7);1-2H,3H2,(H,6,7);1H. The summed E-state index contributed by atoms with van der Waals surface area (Å²) >= 11 is 5.37. The third-order valence-corrected chi connectivity index (χ3v) is 7.65. The molecule has 0 saturated heterocycles. The number of hydrogen-bond donors (Lipinski definition) is 5. The molecule has 22 heteroatoms. The first-order chi connectivity index (χ1) is 28.8. The van der Waals surface area contributed by atoms with Crippen molar-refractivity contribution >= 4 is 35.9 Å². The van der Waals surface area contributed by atoms with Gasteiger partial charge in [-0.3, -0.25) is 0 Å². The van der Waals surface area contributed by atoms with Crippen molar-refractivity contribution in [2.24, 2.45) is 5.11 Å². The van der Waals surface area contributed by atoms with E-state index in [9.17, 15) is 0 Å². The molecule has 0 atom stereocenters. The Balaban J connectivity index is 0.000000199. The molecular formula is C38H32Cl2N20. The number of benzene rings is 2. The van der Waals surface area contributed by atoms with Crippen LogP contribution in [0.1, 0.15) is 34.3 Å². The van der Waals surface area contributed by atoms with Gasteiger partial charge in [-0.15, -0.1) is 35.5 Å². The average molecular weight is 840 g/mol. The van der Waals surface area contributed by atoms with Crippen LogP contribution in [0.3, 0.4) is 0 Å². The van der Waals surface area contributed by atoms with Crippen LogP contribution in [0.2, 0.25) is 0 Å². The Bertz CT molecular complexity index is 2740. The van der Waals surface area contributed by atoms with Gasteiger partial charge < -0.3 is 26.4 Å². The Kier molecular flexibility index (Phi) is 16.8. The fourth-order valence-electron chi connectivity index (χ4n) is 4.81. The normalized spacial score (nSPS) is 9.57. The molecule has 0 amide bonds. The molecule has 60 heavy (non-hydrogen) atoms. The molecule has 0 aliphatic heterocycles. The van der Waals surface area contributed by atoms with Crippen molar-refractivity contribution in [2.75, 3.05) is 11.5 Å². The maximum absolute atomic E-state index is 9.07. The number of halogens is 2. The van der Waals surface area contributed by atoms with Crippen molar-refractivity contribution in [3.05, 3.63) is 149 Å². The number of H-pyrrole nitrogens is 3. The highest BCUT2D eigenvalue weighted by Gasteiger charge is 2.12. The van der Waals surface area contributed by atoms with E-state index in [1.807, 2.05) is 12.1 Å². The number of aromatic amines is 3. The lowest BCUT2D eigenvalue weighted by atomic mass is 10.1. The minimum absolute atomic E-state index is 0. The van der Waals surface area contributed by atoms with Crippen molar-refractivity contribution in [1.82, 2.24) is 64.8 Å². The third-order valence-electron chi connectivity index (χ3n) is 7.40. The molecule has 0 bridgehead atoms. The molecule has 0 saturated carbocycles. The molecular weight excluding hydrogens is 807 g/mol. The molecule has 0 aliphatic rings. The lowest BCUT2D eigenvalue weighted by Crippen LogP contribution is -2.01.